The van der Waals surface area contributed by atoms with Crippen molar-refractivity contribution in [2.45, 2.75) is 51.7 Å². The smallest absolute Gasteiger partial charge is 0.410 e. The van der Waals surface area contributed by atoms with Gasteiger partial charge in [-0.1, -0.05) is 0 Å². The molecule has 0 atom stereocenters. The first-order valence-corrected chi connectivity index (χ1v) is 8.31. The van der Waals surface area contributed by atoms with E-state index in [4.69, 9.17) is 10.5 Å². The first kappa shape index (κ1) is 18.0. The van der Waals surface area contributed by atoms with Crippen molar-refractivity contribution in [2.75, 3.05) is 32.7 Å². The summed E-state index contributed by atoms with van der Waals surface area (Å²) in [4.78, 5) is 27.4. The van der Waals surface area contributed by atoms with Gasteiger partial charge in [0.25, 0.3) is 0 Å². The lowest BCUT2D eigenvalue weighted by atomic mass is 9.64. The van der Waals surface area contributed by atoms with Crippen LogP contribution in [-0.4, -0.2) is 71.3 Å². The van der Waals surface area contributed by atoms with Crippen LogP contribution >= 0.6 is 0 Å². The molecule has 2 fully saturated rings. The lowest BCUT2D eigenvalue weighted by molar-refractivity contribution is -0.156. The Balaban J connectivity index is 1.75. The van der Waals surface area contributed by atoms with Crippen molar-refractivity contribution in [3.05, 3.63) is 0 Å². The molecule has 1 aliphatic carbocycles. The zero-order chi connectivity index (χ0) is 17.3. The highest BCUT2D eigenvalue weighted by molar-refractivity contribution is 5.76. The van der Waals surface area contributed by atoms with E-state index < -0.39 is 17.0 Å². The summed E-state index contributed by atoms with van der Waals surface area (Å²) < 4.78 is 5.37. The SMILES string of the molecule is CC(C)(C)OC(=O)N1CCN(CCC2(C(=O)O)CC(N)C2)CC1. The lowest BCUT2D eigenvalue weighted by Gasteiger charge is -2.44. The molecule has 7 heteroatoms. The summed E-state index contributed by atoms with van der Waals surface area (Å²) in [5, 5.41) is 9.41. The van der Waals surface area contributed by atoms with Crippen molar-refractivity contribution in [1.29, 1.82) is 0 Å². The number of nitrogens with two attached hydrogens (primary N) is 1. The third kappa shape index (κ3) is 4.57. The largest absolute Gasteiger partial charge is 0.481 e. The topological polar surface area (TPSA) is 96.1 Å². The van der Waals surface area contributed by atoms with Crippen LogP contribution in [0, 0.1) is 5.41 Å². The number of piperazine rings is 1. The second-order valence-corrected chi connectivity index (χ2v) is 7.81. The van der Waals surface area contributed by atoms with Gasteiger partial charge >= 0.3 is 12.1 Å². The van der Waals surface area contributed by atoms with Crippen molar-refractivity contribution in [2.24, 2.45) is 11.1 Å². The molecule has 0 aromatic heterocycles. The van der Waals surface area contributed by atoms with Gasteiger partial charge in [-0.15, -0.1) is 0 Å². The summed E-state index contributed by atoms with van der Waals surface area (Å²) >= 11 is 0. The molecule has 1 saturated carbocycles. The third-order valence-corrected chi connectivity index (χ3v) is 4.69. The average molecular weight is 327 g/mol. The Bertz CT molecular complexity index is 447. The molecule has 132 valence electrons. The predicted molar refractivity (Wildman–Crippen MR) is 86.1 cm³/mol. The summed E-state index contributed by atoms with van der Waals surface area (Å²) in [6, 6.07) is 0.0233. The van der Waals surface area contributed by atoms with E-state index in [-0.39, 0.29) is 12.1 Å². The maximum Gasteiger partial charge on any atom is 0.410 e. The van der Waals surface area contributed by atoms with Gasteiger partial charge in [-0.05, 0) is 46.6 Å². The molecule has 0 aromatic carbocycles. The number of nitrogens with zero attached hydrogens (tertiary/aromatic N) is 2. The fraction of sp³-hybridized carbons (Fsp3) is 0.875. The second kappa shape index (κ2) is 6.65. The molecule has 1 amide bonds. The maximum atomic E-state index is 12.0. The van der Waals surface area contributed by atoms with Gasteiger partial charge in [0.15, 0.2) is 0 Å². The molecule has 23 heavy (non-hydrogen) atoms. The fourth-order valence-corrected chi connectivity index (χ4v) is 3.28. The highest BCUT2D eigenvalue weighted by Gasteiger charge is 2.48. The molecular formula is C16H29N3O4. The quantitative estimate of drug-likeness (QED) is 0.803. The lowest BCUT2D eigenvalue weighted by Crippen LogP contribution is -2.54. The van der Waals surface area contributed by atoms with Gasteiger partial charge < -0.3 is 20.5 Å². The number of amides is 1. The summed E-state index contributed by atoms with van der Waals surface area (Å²) in [6.45, 7) is 9.05. The molecule has 0 spiro atoms. The number of ether oxygens (including phenoxy) is 1. The minimum atomic E-state index is -0.730. The zero-order valence-corrected chi connectivity index (χ0v) is 14.4. The van der Waals surface area contributed by atoms with E-state index in [1.165, 1.54) is 0 Å². The van der Waals surface area contributed by atoms with E-state index in [1.54, 1.807) is 4.90 Å². The molecule has 7 nitrogen and oxygen atoms in total. The monoisotopic (exact) mass is 327 g/mol. The first-order valence-electron chi connectivity index (χ1n) is 8.31. The number of hydrogen-bond acceptors (Lipinski definition) is 5. The van der Waals surface area contributed by atoms with Gasteiger partial charge in [-0.2, -0.15) is 0 Å². The molecular weight excluding hydrogens is 298 g/mol. The molecule has 1 heterocycles. The summed E-state index contributed by atoms with van der Waals surface area (Å²) in [5.74, 6) is -0.730. The van der Waals surface area contributed by atoms with Crippen molar-refractivity contribution in [3.63, 3.8) is 0 Å². The Hall–Kier alpha value is -1.34. The normalized spacial score (nSPS) is 29.0. The number of carbonyl (C=O) groups excluding carboxylic acids is 1. The summed E-state index contributed by atoms with van der Waals surface area (Å²) in [7, 11) is 0. The molecule has 0 aromatic rings. The second-order valence-electron chi connectivity index (χ2n) is 7.81. The minimum absolute atomic E-state index is 0.0233. The van der Waals surface area contributed by atoms with E-state index >= 15 is 0 Å². The van der Waals surface area contributed by atoms with E-state index in [9.17, 15) is 14.7 Å². The molecule has 0 bridgehead atoms. The van der Waals surface area contributed by atoms with Gasteiger partial charge in [0.1, 0.15) is 5.60 Å². The number of aliphatic carboxylic acids is 1. The maximum absolute atomic E-state index is 12.0. The first-order chi connectivity index (χ1) is 10.6. The van der Waals surface area contributed by atoms with Gasteiger partial charge in [-0.3, -0.25) is 9.69 Å². The molecule has 3 N–H and O–H groups in total. The fourth-order valence-electron chi connectivity index (χ4n) is 3.28. The molecule has 1 aliphatic heterocycles. The Kier molecular flexibility index (Phi) is 5.20. The molecule has 2 rings (SSSR count). The molecule has 0 radical (unpaired) electrons. The average Bonchev–Trinajstić information content (AvgIpc) is 2.40. The number of hydrogen-bond donors (Lipinski definition) is 2. The van der Waals surface area contributed by atoms with Crippen molar-refractivity contribution >= 4 is 12.1 Å². The van der Waals surface area contributed by atoms with Crippen LogP contribution in [0.25, 0.3) is 0 Å². The van der Waals surface area contributed by atoms with Crippen LogP contribution in [-0.2, 0) is 9.53 Å². The van der Waals surface area contributed by atoms with E-state index in [2.05, 4.69) is 4.90 Å². The van der Waals surface area contributed by atoms with Crippen LogP contribution in [0.1, 0.15) is 40.0 Å². The van der Waals surface area contributed by atoms with E-state index in [0.29, 0.717) is 32.4 Å². The van der Waals surface area contributed by atoms with Crippen LogP contribution in [0.2, 0.25) is 0 Å². The van der Waals surface area contributed by atoms with Crippen LogP contribution in [0.3, 0.4) is 0 Å². The Labute approximate surface area is 137 Å². The highest BCUT2D eigenvalue weighted by Crippen LogP contribution is 2.43. The van der Waals surface area contributed by atoms with Crippen molar-refractivity contribution in [3.8, 4) is 0 Å². The number of rotatable bonds is 4. The van der Waals surface area contributed by atoms with E-state index in [1.807, 2.05) is 20.8 Å². The summed E-state index contributed by atoms with van der Waals surface area (Å²) in [5.41, 5.74) is 4.65. The molecule has 1 saturated heterocycles. The molecule has 0 unspecified atom stereocenters. The third-order valence-electron chi connectivity index (χ3n) is 4.69. The van der Waals surface area contributed by atoms with Crippen LogP contribution in [0.15, 0.2) is 0 Å². The Morgan fingerprint density at radius 1 is 1.22 bits per heavy atom. The van der Waals surface area contributed by atoms with Gasteiger partial charge in [0.05, 0.1) is 5.41 Å². The van der Waals surface area contributed by atoms with Crippen molar-refractivity contribution in [1.82, 2.24) is 9.80 Å². The van der Waals surface area contributed by atoms with Gasteiger partial charge in [0, 0.05) is 32.2 Å². The Morgan fingerprint density at radius 3 is 2.22 bits per heavy atom. The van der Waals surface area contributed by atoms with Crippen LogP contribution in [0.5, 0.6) is 0 Å². The van der Waals surface area contributed by atoms with Crippen LogP contribution < -0.4 is 5.73 Å². The van der Waals surface area contributed by atoms with Gasteiger partial charge in [-0.25, -0.2) is 4.79 Å². The predicted octanol–water partition coefficient (Wildman–Crippen LogP) is 1.12. The van der Waals surface area contributed by atoms with Gasteiger partial charge in [0.2, 0.25) is 0 Å². The van der Waals surface area contributed by atoms with Crippen molar-refractivity contribution < 1.29 is 19.4 Å². The standard InChI is InChI=1S/C16H29N3O4/c1-15(2,3)23-14(22)19-8-6-18(7-9-19)5-4-16(13(20)21)10-12(17)11-16/h12H,4-11,17H2,1-3H3,(H,20,21). The molecule has 2 aliphatic rings. The number of carbonyl (C=O) groups is 2. The van der Waals surface area contributed by atoms with E-state index in [0.717, 1.165) is 19.6 Å². The zero-order valence-electron chi connectivity index (χ0n) is 14.4. The Morgan fingerprint density at radius 2 is 1.78 bits per heavy atom. The minimum Gasteiger partial charge on any atom is -0.481 e. The number of carboxylic acids is 1. The summed E-state index contributed by atoms with van der Waals surface area (Å²) in [6.07, 6.45) is 1.49. The van der Waals surface area contributed by atoms with Crippen LogP contribution in [0.4, 0.5) is 4.79 Å². The number of carboxylic acid groups (broad SMARTS) is 1. The highest BCUT2D eigenvalue weighted by atomic mass is 16.6.